The molecule has 1 fully saturated rings. The molecule has 2 aliphatic rings. The molecule has 1 aromatic carbocycles. The minimum atomic E-state index is -0.500. The van der Waals surface area contributed by atoms with E-state index in [1.54, 1.807) is 4.90 Å². The lowest BCUT2D eigenvalue weighted by Gasteiger charge is -2.38. The van der Waals surface area contributed by atoms with Gasteiger partial charge >= 0.3 is 5.97 Å². The number of likely N-dealkylation sites (tertiary alicyclic amines) is 1. The average molecular weight is 245 g/mol. The van der Waals surface area contributed by atoms with Crippen LogP contribution in [0.15, 0.2) is 24.3 Å². The molecule has 0 radical (unpaired) electrons. The first kappa shape index (κ1) is 11.1. The number of guanidine groups is 1. The molecular weight excluding hydrogens is 230 g/mol. The Morgan fingerprint density at radius 3 is 2.67 bits per heavy atom. The van der Waals surface area contributed by atoms with Gasteiger partial charge in [-0.15, -0.1) is 0 Å². The Kier molecular flexibility index (Phi) is 2.29. The number of nitrogens with two attached hydrogens (primary N) is 1. The number of ether oxygens (including phenoxy) is 1. The third kappa shape index (κ3) is 1.47. The van der Waals surface area contributed by atoms with E-state index in [9.17, 15) is 4.79 Å². The van der Waals surface area contributed by atoms with Crippen LogP contribution in [0.5, 0.6) is 0 Å². The number of nitrogens with zero attached hydrogens (tertiary/aromatic N) is 1. The topological polar surface area (TPSA) is 79.4 Å². The van der Waals surface area contributed by atoms with Gasteiger partial charge in [-0.25, -0.2) is 4.79 Å². The fourth-order valence-corrected chi connectivity index (χ4v) is 2.83. The normalized spacial score (nSPS) is 20.7. The van der Waals surface area contributed by atoms with Gasteiger partial charge < -0.3 is 15.4 Å². The standard InChI is InChI=1S/C13H15N3O2/c14-12(15)16-7-5-13(6-8-16)10-4-2-1-3-9(10)11(17)18-13/h1-4H,5-8H2,(H3,14,15). The molecule has 0 bridgehead atoms. The molecule has 0 aliphatic carbocycles. The first-order chi connectivity index (χ1) is 8.62. The Morgan fingerprint density at radius 2 is 2.00 bits per heavy atom. The van der Waals surface area contributed by atoms with Crippen LogP contribution >= 0.6 is 0 Å². The zero-order chi connectivity index (χ0) is 12.8. The smallest absolute Gasteiger partial charge is 0.339 e. The van der Waals surface area contributed by atoms with Crippen molar-refractivity contribution in [1.82, 2.24) is 4.90 Å². The van der Waals surface area contributed by atoms with Gasteiger partial charge in [0, 0.05) is 31.5 Å². The number of piperidine rings is 1. The average Bonchev–Trinajstić information content (AvgIpc) is 2.64. The number of carbonyl (C=O) groups excluding carboxylic acids is 1. The predicted octanol–water partition coefficient (Wildman–Crippen LogP) is 1.04. The summed E-state index contributed by atoms with van der Waals surface area (Å²) in [6.07, 6.45) is 1.38. The summed E-state index contributed by atoms with van der Waals surface area (Å²) in [5, 5.41) is 7.43. The Labute approximate surface area is 105 Å². The first-order valence-corrected chi connectivity index (χ1v) is 6.04. The van der Waals surface area contributed by atoms with Crippen molar-refractivity contribution >= 4 is 11.9 Å². The van der Waals surface area contributed by atoms with Crippen LogP contribution in [0.1, 0.15) is 28.8 Å². The van der Waals surface area contributed by atoms with Crippen molar-refractivity contribution in [2.75, 3.05) is 13.1 Å². The molecule has 3 rings (SSSR count). The zero-order valence-electron chi connectivity index (χ0n) is 9.98. The van der Waals surface area contributed by atoms with Crippen molar-refractivity contribution in [2.45, 2.75) is 18.4 Å². The summed E-state index contributed by atoms with van der Waals surface area (Å²) in [7, 11) is 0. The lowest BCUT2D eigenvalue weighted by Crippen LogP contribution is -2.47. The summed E-state index contributed by atoms with van der Waals surface area (Å²) in [5.41, 5.74) is 6.64. The Balaban J connectivity index is 1.91. The molecular formula is C13H15N3O2. The van der Waals surface area contributed by atoms with E-state index in [4.69, 9.17) is 15.9 Å². The maximum Gasteiger partial charge on any atom is 0.339 e. The number of nitrogens with one attached hydrogen (secondary N) is 1. The molecule has 1 saturated heterocycles. The summed E-state index contributed by atoms with van der Waals surface area (Å²) in [6, 6.07) is 7.55. The molecule has 0 unspecified atom stereocenters. The van der Waals surface area contributed by atoms with Crippen molar-refractivity contribution in [3.05, 3.63) is 35.4 Å². The molecule has 0 amide bonds. The van der Waals surface area contributed by atoms with Gasteiger partial charge in [0.25, 0.3) is 0 Å². The van der Waals surface area contributed by atoms with Gasteiger partial charge in [0.15, 0.2) is 5.96 Å². The number of hydrogen-bond acceptors (Lipinski definition) is 3. The number of fused-ring (bicyclic) bond motifs is 2. The third-order valence-electron chi connectivity index (χ3n) is 3.84. The summed E-state index contributed by atoms with van der Waals surface area (Å²) >= 11 is 0. The van der Waals surface area contributed by atoms with Crippen molar-refractivity contribution in [2.24, 2.45) is 5.73 Å². The monoisotopic (exact) mass is 245 g/mol. The lowest BCUT2D eigenvalue weighted by molar-refractivity contribution is -0.0346. The van der Waals surface area contributed by atoms with E-state index < -0.39 is 5.60 Å². The molecule has 0 aromatic heterocycles. The highest BCUT2D eigenvalue weighted by molar-refractivity contribution is 5.94. The lowest BCUT2D eigenvalue weighted by atomic mass is 9.84. The highest BCUT2D eigenvalue weighted by atomic mass is 16.6. The zero-order valence-corrected chi connectivity index (χ0v) is 9.98. The van der Waals surface area contributed by atoms with Crippen LogP contribution < -0.4 is 5.73 Å². The number of benzene rings is 1. The number of carbonyl (C=O) groups is 1. The second-order valence-electron chi connectivity index (χ2n) is 4.80. The van der Waals surface area contributed by atoms with E-state index in [0.29, 0.717) is 31.5 Å². The second-order valence-corrected chi connectivity index (χ2v) is 4.80. The first-order valence-electron chi connectivity index (χ1n) is 6.04. The number of rotatable bonds is 0. The Hall–Kier alpha value is -2.04. The molecule has 2 heterocycles. The Bertz CT molecular complexity index is 519. The third-order valence-corrected chi connectivity index (χ3v) is 3.84. The number of hydrogen-bond donors (Lipinski definition) is 2. The molecule has 3 N–H and O–H groups in total. The van der Waals surface area contributed by atoms with Crippen molar-refractivity contribution in [1.29, 1.82) is 5.41 Å². The van der Waals surface area contributed by atoms with E-state index in [-0.39, 0.29) is 11.9 Å². The molecule has 18 heavy (non-hydrogen) atoms. The second kappa shape index (κ2) is 3.73. The van der Waals surface area contributed by atoms with Crippen molar-refractivity contribution < 1.29 is 9.53 Å². The van der Waals surface area contributed by atoms with Crippen LogP contribution in [-0.2, 0) is 10.3 Å². The van der Waals surface area contributed by atoms with Crippen LogP contribution in [0.2, 0.25) is 0 Å². The van der Waals surface area contributed by atoms with Gasteiger partial charge in [-0.3, -0.25) is 5.41 Å². The van der Waals surface area contributed by atoms with Crippen LogP contribution in [-0.4, -0.2) is 29.9 Å². The van der Waals surface area contributed by atoms with Crippen molar-refractivity contribution in [3.63, 3.8) is 0 Å². The highest BCUT2D eigenvalue weighted by Crippen LogP contribution is 2.43. The van der Waals surface area contributed by atoms with E-state index in [1.807, 2.05) is 24.3 Å². The fourth-order valence-electron chi connectivity index (χ4n) is 2.83. The van der Waals surface area contributed by atoms with Gasteiger partial charge in [0.1, 0.15) is 5.60 Å². The highest BCUT2D eigenvalue weighted by Gasteiger charge is 2.47. The molecule has 5 nitrogen and oxygen atoms in total. The van der Waals surface area contributed by atoms with Gasteiger partial charge in [-0.05, 0) is 6.07 Å². The fraction of sp³-hybridized carbons (Fsp3) is 0.385. The van der Waals surface area contributed by atoms with Crippen molar-refractivity contribution in [3.8, 4) is 0 Å². The van der Waals surface area contributed by atoms with E-state index in [1.165, 1.54) is 0 Å². The molecule has 94 valence electrons. The molecule has 5 heteroatoms. The molecule has 1 aromatic rings. The minimum Gasteiger partial charge on any atom is -0.450 e. The van der Waals surface area contributed by atoms with Crippen LogP contribution in [0.4, 0.5) is 0 Å². The van der Waals surface area contributed by atoms with Gasteiger partial charge in [0.2, 0.25) is 0 Å². The minimum absolute atomic E-state index is 0.0856. The van der Waals surface area contributed by atoms with Gasteiger partial charge in [-0.2, -0.15) is 0 Å². The molecule has 0 saturated carbocycles. The van der Waals surface area contributed by atoms with E-state index >= 15 is 0 Å². The maximum atomic E-state index is 11.9. The van der Waals surface area contributed by atoms with Crippen LogP contribution in [0.3, 0.4) is 0 Å². The van der Waals surface area contributed by atoms with Gasteiger partial charge in [-0.1, -0.05) is 18.2 Å². The van der Waals surface area contributed by atoms with Crippen LogP contribution in [0, 0.1) is 5.41 Å². The largest absolute Gasteiger partial charge is 0.450 e. The maximum absolute atomic E-state index is 11.9. The SMILES string of the molecule is N=C(N)N1CCC2(CC1)OC(=O)c1ccccc12. The summed E-state index contributed by atoms with van der Waals surface area (Å²) < 4.78 is 5.61. The number of esters is 1. The summed E-state index contributed by atoms with van der Waals surface area (Å²) in [5.74, 6) is -0.149. The van der Waals surface area contributed by atoms with E-state index in [0.717, 1.165) is 5.56 Å². The predicted molar refractivity (Wildman–Crippen MR) is 66.3 cm³/mol. The summed E-state index contributed by atoms with van der Waals surface area (Å²) in [4.78, 5) is 13.7. The van der Waals surface area contributed by atoms with Crippen LogP contribution in [0.25, 0.3) is 0 Å². The van der Waals surface area contributed by atoms with Gasteiger partial charge in [0.05, 0.1) is 5.56 Å². The van der Waals surface area contributed by atoms with E-state index in [2.05, 4.69) is 0 Å². The summed E-state index contributed by atoms with van der Waals surface area (Å²) in [6.45, 7) is 1.30. The molecule has 1 spiro atoms. The molecule has 0 atom stereocenters. The quantitative estimate of drug-likeness (QED) is 0.406. The molecule has 2 aliphatic heterocycles. The Morgan fingerprint density at radius 1 is 1.33 bits per heavy atom.